The molecule has 3 aliphatic rings. The Labute approximate surface area is 198 Å². The van der Waals surface area contributed by atoms with E-state index in [0.717, 1.165) is 0 Å². The van der Waals surface area contributed by atoms with Gasteiger partial charge in [0.25, 0.3) is 0 Å². The van der Waals surface area contributed by atoms with Crippen molar-refractivity contribution in [2.24, 2.45) is 29.4 Å². The minimum atomic E-state index is -2.99. The number of phenolic OH excluding ortho intramolecular Hbond substituents is 1. The van der Waals surface area contributed by atoms with E-state index in [2.05, 4.69) is 5.32 Å². The van der Waals surface area contributed by atoms with E-state index < -0.39 is 82.6 Å². The number of carbonyl (C=O) groups excluding carboxylic acids is 6. The second-order valence-corrected chi connectivity index (χ2v) is 8.86. The Bertz CT molecular complexity index is 1250. The molecule has 1 aromatic carbocycles. The molecule has 2 saturated carbocycles. The average Bonchev–Trinajstić information content (AvgIpc) is 2.80. The number of aliphatic hydroxyl groups is 1. The largest absolute Gasteiger partial charge is 0.505 e. The van der Waals surface area contributed by atoms with E-state index in [0.29, 0.717) is 0 Å². The number of nitrogens with two attached hydrogens (primary N) is 1. The Morgan fingerprint density at radius 1 is 1.23 bits per heavy atom. The molecule has 2 unspecified atom stereocenters. The number of ketones is 4. The number of carbonyl (C=O) groups is 6. The molecule has 0 spiro atoms. The zero-order valence-electron chi connectivity index (χ0n) is 18.4. The maximum atomic E-state index is 13.6. The summed E-state index contributed by atoms with van der Waals surface area (Å²) in [7, 11) is 0. The summed E-state index contributed by atoms with van der Waals surface area (Å²) >= 11 is 0. The number of nitrogens with zero attached hydrogens (tertiary/aromatic N) is 1. The summed E-state index contributed by atoms with van der Waals surface area (Å²) in [6, 6.07) is 2.80. The van der Waals surface area contributed by atoms with Crippen molar-refractivity contribution < 1.29 is 43.7 Å². The van der Waals surface area contributed by atoms with Gasteiger partial charge in [-0.25, -0.2) is 0 Å². The number of benzene rings is 1. The van der Waals surface area contributed by atoms with Crippen molar-refractivity contribution >= 4 is 40.7 Å². The molecule has 0 saturated heterocycles. The molecule has 0 aromatic heterocycles. The predicted molar refractivity (Wildman–Crippen MR) is 113 cm³/mol. The normalized spacial score (nSPS) is 31.5. The van der Waals surface area contributed by atoms with Gasteiger partial charge in [0.2, 0.25) is 5.91 Å². The number of ether oxygens (including phenoxy) is 1. The first-order valence-electron chi connectivity index (χ1n) is 10.9. The van der Waals surface area contributed by atoms with Gasteiger partial charge in [0, 0.05) is 24.7 Å². The highest BCUT2D eigenvalue weighted by atomic mass is 16.5. The van der Waals surface area contributed by atoms with Gasteiger partial charge in [-0.05, 0) is 18.1 Å². The summed E-state index contributed by atoms with van der Waals surface area (Å²) < 4.78 is 5.50. The molecule has 0 heterocycles. The Hall–Kier alpha value is -4.11. The third-order valence-corrected chi connectivity index (χ3v) is 7.10. The maximum Gasteiger partial charge on any atom is 0.305 e. The zero-order valence-corrected chi connectivity index (χ0v) is 18.4. The van der Waals surface area contributed by atoms with E-state index in [4.69, 9.17) is 15.7 Å². The van der Waals surface area contributed by atoms with Gasteiger partial charge in [0.05, 0.1) is 17.2 Å². The van der Waals surface area contributed by atoms with Crippen LogP contribution in [0.3, 0.4) is 0 Å². The van der Waals surface area contributed by atoms with E-state index in [-0.39, 0.29) is 29.7 Å². The van der Waals surface area contributed by atoms with E-state index >= 15 is 0 Å². The first-order chi connectivity index (χ1) is 16.5. The third kappa shape index (κ3) is 3.30. The zero-order chi connectivity index (χ0) is 25.8. The van der Waals surface area contributed by atoms with E-state index in [1.165, 1.54) is 19.1 Å². The van der Waals surface area contributed by atoms with Crippen LogP contribution in [0.5, 0.6) is 5.75 Å². The van der Waals surface area contributed by atoms with Gasteiger partial charge in [-0.2, -0.15) is 5.26 Å². The highest BCUT2D eigenvalue weighted by molar-refractivity contribution is 6.31. The number of hydrogen-bond acceptors (Lipinski definition) is 11. The van der Waals surface area contributed by atoms with Gasteiger partial charge in [0.15, 0.2) is 46.6 Å². The number of Topliss-reactive ketones (excluding diaryl/α,β-unsaturated/α-hetero) is 4. The highest BCUT2D eigenvalue weighted by Gasteiger charge is 2.70. The number of phenols is 1. The number of primary amides is 1. The molecule has 182 valence electrons. The van der Waals surface area contributed by atoms with Crippen LogP contribution in [0.1, 0.15) is 35.7 Å². The van der Waals surface area contributed by atoms with E-state index in [1.807, 2.05) is 0 Å². The predicted octanol–water partition coefficient (Wildman–Crippen LogP) is -0.848. The number of anilines is 1. The number of hydrogen-bond donors (Lipinski definition) is 4. The molecular weight excluding hydrogens is 462 g/mol. The van der Waals surface area contributed by atoms with E-state index in [9.17, 15) is 39.0 Å². The van der Waals surface area contributed by atoms with Crippen molar-refractivity contribution in [2.75, 3.05) is 5.32 Å². The number of nitriles is 1. The molecule has 0 aliphatic heterocycles. The standard InChI is InChI=1S/C23H21N3O9/c1-2-13(28)35-19-9-5-8-3-4-11(26-7-24)17(29)14(8)18(30)15(9)20(31)23(34)10(19)6-12(27)16(21(23)32)22(25)33/h3-4,9-10,15-16,19,26,29,34H,2,5-6H2,1H3,(H2,25,33)/t9-,10-,15?,16?,19+,23+/m1/s1. The van der Waals surface area contributed by atoms with Crippen LogP contribution in [-0.2, 0) is 35.1 Å². The molecule has 4 rings (SSSR count). The summed E-state index contributed by atoms with van der Waals surface area (Å²) in [5, 5.41) is 33.1. The molecule has 0 bridgehead atoms. The van der Waals surface area contributed by atoms with Crippen molar-refractivity contribution in [3.63, 3.8) is 0 Å². The van der Waals surface area contributed by atoms with Crippen molar-refractivity contribution in [2.45, 2.75) is 37.9 Å². The molecule has 12 heteroatoms. The van der Waals surface area contributed by atoms with Gasteiger partial charge in [-0.15, -0.1) is 0 Å². The lowest BCUT2D eigenvalue weighted by Gasteiger charge is -2.52. The first kappa shape index (κ1) is 24.0. The minimum Gasteiger partial charge on any atom is -0.505 e. The fourth-order valence-electron chi connectivity index (χ4n) is 5.50. The highest BCUT2D eigenvalue weighted by Crippen LogP contribution is 2.51. The first-order valence-corrected chi connectivity index (χ1v) is 10.9. The summed E-state index contributed by atoms with van der Waals surface area (Å²) in [4.78, 5) is 76.9. The van der Waals surface area contributed by atoms with Crippen molar-refractivity contribution in [3.05, 3.63) is 23.3 Å². The smallest absolute Gasteiger partial charge is 0.305 e. The lowest BCUT2D eigenvalue weighted by atomic mass is 9.52. The Balaban J connectivity index is 1.90. The van der Waals surface area contributed by atoms with Crippen LogP contribution in [0, 0.1) is 35.1 Å². The quantitative estimate of drug-likeness (QED) is 0.136. The molecule has 5 N–H and O–H groups in total. The summed E-state index contributed by atoms with van der Waals surface area (Å²) in [5.74, 6) is -13.7. The van der Waals surface area contributed by atoms with Gasteiger partial charge in [-0.3, -0.25) is 34.1 Å². The summed E-state index contributed by atoms with van der Waals surface area (Å²) in [6.07, 6.45) is -0.615. The average molecular weight is 483 g/mol. The van der Waals surface area contributed by atoms with Gasteiger partial charge >= 0.3 is 5.97 Å². The fraction of sp³-hybridized carbons (Fsp3) is 0.435. The van der Waals surface area contributed by atoms with Crippen molar-refractivity contribution in [3.8, 4) is 11.9 Å². The van der Waals surface area contributed by atoms with Gasteiger partial charge in [-0.1, -0.05) is 13.0 Å². The molecule has 2 fully saturated rings. The fourth-order valence-corrected chi connectivity index (χ4v) is 5.50. The number of fused-ring (bicyclic) bond motifs is 3. The molecule has 3 aliphatic carbocycles. The number of esters is 1. The number of aromatic hydroxyl groups is 1. The lowest BCUT2D eigenvalue weighted by molar-refractivity contribution is -0.197. The van der Waals surface area contributed by atoms with Crippen LogP contribution in [0.15, 0.2) is 12.1 Å². The van der Waals surface area contributed by atoms with Crippen LogP contribution < -0.4 is 11.1 Å². The summed E-state index contributed by atoms with van der Waals surface area (Å²) in [6.45, 7) is 1.49. The molecule has 35 heavy (non-hydrogen) atoms. The lowest BCUT2D eigenvalue weighted by Crippen LogP contribution is -2.72. The van der Waals surface area contributed by atoms with Crippen molar-refractivity contribution in [1.82, 2.24) is 0 Å². The van der Waals surface area contributed by atoms with Crippen LogP contribution in [0.4, 0.5) is 5.69 Å². The van der Waals surface area contributed by atoms with Gasteiger partial charge in [0.1, 0.15) is 6.10 Å². The topological polar surface area (TPSA) is 214 Å². The molecule has 12 nitrogen and oxygen atoms in total. The number of nitrogens with one attached hydrogen (secondary N) is 1. The second-order valence-electron chi connectivity index (χ2n) is 8.86. The van der Waals surface area contributed by atoms with E-state index in [1.54, 1.807) is 6.19 Å². The van der Waals surface area contributed by atoms with Gasteiger partial charge < -0.3 is 20.7 Å². The minimum absolute atomic E-state index is 0.0757. The maximum absolute atomic E-state index is 13.6. The number of rotatable bonds is 4. The van der Waals surface area contributed by atoms with Crippen LogP contribution in [0.25, 0.3) is 0 Å². The van der Waals surface area contributed by atoms with Crippen LogP contribution in [0.2, 0.25) is 0 Å². The SMILES string of the molecule is CCC(=O)O[C@H]1[C@@H]2Cc3ccc(NC#N)c(O)c3C(=O)C2C(=O)[C@]2(O)C(=O)C(C(N)=O)C(=O)C[C@H]12. The Kier molecular flexibility index (Phi) is 5.68. The van der Waals surface area contributed by atoms with Crippen LogP contribution >= 0.6 is 0 Å². The third-order valence-electron chi connectivity index (χ3n) is 7.10. The Morgan fingerprint density at radius 2 is 1.91 bits per heavy atom. The molecule has 0 radical (unpaired) electrons. The van der Waals surface area contributed by atoms with Crippen LogP contribution in [-0.4, -0.2) is 56.9 Å². The molecular formula is C23H21N3O9. The molecule has 1 amide bonds. The molecule has 6 atom stereocenters. The van der Waals surface area contributed by atoms with Crippen molar-refractivity contribution in [1.29, 1.82) is 5.26 Å². The Morgan fingerprint density at radius 3 is 2.51 bits per heavy atom. The number of amides is 1. The summed E-state index contributed by atoms with van der Waals surface area (Å²) in [5.41, 5.74) is 2.10. The molecule has 1 aromatic rings. The second kappa shape index (κ2) is 8.28. The monoisotopic (exact) mass is 483 g/mol.